The SMILES string of the molecule is Cc1nc2ccc(C(=O)NS(=O)(=O)c3ccc(Br)s3)nc2n1Cc1ccc(-c2ccccc2)cc1Cl.[Na]. The van der Waals surface area contributed by atoms with Crippen molar-refractivity contribution in [2.75, 3.05) is 0 Å². The number of pyridine rings is 1. The quantitative estimate of drug-likeness (QED) is 0.246. The fourth-order valence-corrected chi connectivity index (χ4v) is 6.96. The summed E-state index contributed by atoms with van der Waals surface area (Å²) in [4.78, 5) is 21.8. The van der Waals surface area contributed by atoms with Crippen LogP contribution in [0, 0.1) is 6.92 Å². The van der Waals surface area contributed by atoms with Crippen molar-refractivity contribution < 1.29 is 13.2 Å². The number of benzene rings is 2. The van der Waals surface area contributed by atoms with Crippen LogP contribution >= 0.6 is 38.9 Å². The average molecular weight is 625 g/mol. The monoisotopic (exact) mass is 623 g/mol. The molecule has 3 heterocycles. The third-order valence-electron chi connectivity index (χ3n) is 5.54. The number of hydrogen-bond donors (Lipinski definition) is 1. The topological polar surface area (TPSA) is 93.9 Å². The van der Waals surface area contributed by atoms with E-state index in [1.54, 1.807) is 12.1 Å². The first kappa shape index (κ1) is 28.0. The molecule has 1 amide bonds. The smallest absolute Gasteiger partial charge is 0.283 e. The van der Waals surface area contributed by atoms with Gasteiger partial charge in [-0.2, -0.15) is 0 Å². The fraction of sp³-hybridized carbons (Fsp3) is 0.0800. The molecule has 183 valence electrons. The number of hydrogen-bond acceptors (Lipinski definition) is 6. The Balaban J connectivity index is 0.00000320. The number of amides is 1. The van der Waals surface area contributed by atoms with Crippen molar-refractivity contribution in [1.29, 1.82) is 0 Å². The van der Waals surface area contributed by atoms with Crippen molar-refractivity contribution in [1.82, 2.24) is 19.3 Å². The molecule has 0 bridgehead atoms. The van der Waals surface area contributed by atoms with Crippen LogP contribution in [0.15, 0.2) is 80.8 Å². The van der Waals surface area contributed by atoms with E-state index in [1.165, 1.54) is 12.1 Å². The molecule has 0 aliphatic rings. The maximum Gasteiger partial charge on any atom is 0.283 e. The van der Waals surface area contributed by atoms with E-state index in [9.17, 15) is 13.2 Å². The second-order valence-electron chi connectivity index (χ2n) is 7.95. The van der Waals surface area contributed by atoms with E-state index >= 15 is 0 Å². The van der Waals surface area contributed by atoms with E-state index in [2.05, 4.69) is 30.6 Å². The number of halogens is 2. The van der Waals surface area contributed by atoms with Crippen LogP contribution < -0.4 is 4.72 Å². The molecule has 37 heavy (non-hydrogen) atoms. The molecule has 2 aromatic carbocycles. The second kappa shape index (κ2) is 11.4. The number of sulfonamides is 1. The number of nitrogens with zero attached hydrogens (tertiary/aromatic N) is 3. The van der Waals surface area contributed by atoms with Crippen LogP contribution in [0.4, 0.5) is 0 Å². The minimum atomic E-state index is -4.02. The molecule has 0 spiro atoms. The minimum Gasteiger partial charge on any atom is -0.308 e. The summed E-state index contributed by atoms with van der Waals surface area (Å²) in [5, 5.41) is 0.597. The van der Waals surface area contributed by atoms with Gasteiger partial charge in [0.25, 0.3) is 15.9 Å². The van der Waals surface area contributed by atoms with Gasteiger partial charge in [0.05, 0.1) is 10.3 Å². The summed E-state index contributed by atoms with van der Waals surface area (Å²) in [6, 6.07) is 22.0. The van der Waals surface area contributed by atoms with Crippen molar-refractivity contribution in [2.45, 2.75) is 17.7 Å². The van der Waals surface area contributed by atoms with Gasteiger partial charge in [0, 0.05) is 34.6 Å². The zero-order valence-electron chi connectivity index (χ0n) is 19.8. The van der Waals surface area contributed by atoms with Gasteiger partial charge in [0.15, 0.2) is 5.65 Å². The standard InChI is InChI=1S/C25H18BrClN4O3S2.Na/c1-15-28-20-9-10-21(25(32)30-36(33,34)23-12-11-22(26)35-23)29-24(20)31(15)14-18-8-7-17(13-19(18)27)16-5-3-2-4-6-16;/h2-13H,14H2,1H3,(H,30,32);. The van der Waals surface area contributed by atoms with Gasteiger partial charge in [-0.1, -0.05) is 54.1 Å². The van der Waals surface area contributed by atoms with Crippen LogP contribution in [0.5, 0.6) is 0 Å². The number of nitrogens with one attached hydrogen (secondary N) is 1. The van der Waals surface area contributed by atoms with Crippen molar-refractivity contribution in [2.24, 2.45) is 0 Å². The Morgan fingerprint density at radius 3 is 2.46 bits per heavy atom. The van der Waals surface area contributed by atoms with Crippen molar-refractivity contribution in [3.63, 3.8) is 0 Å². The molecular weight excluding hydrogens is 607 g/mol. The van der Waals surface area contributed by atoms with Gasteiger partial charge in [-0.05, 0) is 69.9 Å². The summed E-state index contributed by atoms with van der Waals surface area (Å²) in [6.07, 6.45) is 0. The Morgan fingerprint density at radius 1 is 1.03 bits per heavy atom. The van der Waals surface area contributed by atoms with Crippen molar-refractivity contribution in [3.8, 4) is 11.1 Å². The van der Waals surface area contributed by atoms with Crippen LogP contribution in [0.25, 0.3) is 22.3 Å². The van der Waals surface area contributed by atoms with E-state index in [4.69, 9.17) is 11.6 Å². The maximum atomic E-state index is 12.8. The summed E-state index contributed by atoms with van der Waals surface area (Å²) in [6.45, 7) is 2.22. The van der Waals surface area contributed by atoms with Gasteiger partial charge < -0.3 is 4.57 Å². The van der Waals surface area contributed by atoms with Gasteiger partial charge >= 0.3 is 0 Å². The van der Waals surface area contributed by atoms with E-state index in [0.717, 1.165) is 28.0 Å². The first-order chi connectivity index (χ1) is 17.2. The third-order valence-corrected chi connectivity index (χ3v) is 9.34. The maximum absolute atomic E-state index is 12.8. The molecule has 0 saturated heterocycles. The van der Waals surface area contributed by atoms with E-state index in [0.29, 0.717) is 32.3 Å². The molecule has 0 aliphatic heterocycles. The van der Waals surface area contributed by atoms with Crippen LogP contribution in [0.2, 0.25) is 5.02 Å². The van der Waals surface area contributed by atoms with E-state index < -0.39 is 15.9 Å². The number of rotatable bonds is 6. The average Bonchev–Trinajstić information content (AvgIpc) is 3.43. The molecule has 3 aromatic heterocycles. The molecule has 5 aromatic rings. The molecule has 0 unspecified atom stereocenters. The van der Waals surface area contributed by atoms with Gasteiger partial charge in [-0.3, -0.25) is 4.79 Å². The summed E-state index contributed by atoms with van der Waals surface area (Å²) in [7, 11) is -4.02. The minimum absolute atomic E-state index is 0. The summed E-state index contributed by atoms with van der Waals surface area (Å²) in [5.41, 5.74) is 3.95. The third kappa shape index (κ3) is 6.01. The van der Waals surface area contributed by atoms with Crippen molar-refractivity contribution >= 4 is 95.5 Å². The normalized spacial score (nSPS) is 11.3. The zero-order valence-corrected chi connectivity index (χ0v) is 25.7. The number of fused-ring (bicyclic) bond motifs is 1. The number of aryl methyl sites for hydroxylation is 1. The molecule has 7 nitrogen and oxygen atoms in total. The number of thiophene rings is 1. The van der Waals surface area contributed by atoms with Gasteiger partial charge in [0.2, 0.25) is 0 Å². The van der Waals surface area contributed by atoms with Crippen LogP contribution in [-0.4, -0.2) is 58.4 Å². The number of carbonyl (C=O) groups excluding carboxylic acids is 1. The molecule has 0 aliphatic carbocycles. The second-order valence-corrected chi connectivity index (χ2v) is 12.7. The molecule has 5 rings (SSSR count). The van der Waals surface area contributed by atoms with Crippen molar-refractivity contribution in [3.05, 3.63) is 98.7 Å². The molecule has 1 N–H and O–H groups in total. The number of imidazole rings is 1. The Hall–Kier alpha value is -2.05. The Kier molecular flexibility index (Phi) is 8.59. The Morgan fingerprint density at radius 2 is 1.78 bits per heavy atom. The number of aromatic nitrogens is 3. The molecule has 12 heteroatoms. The zero-order chi connectivity index (χ0) is 25.4. The Labute approximate surface area is 253 Å². The largest absolute Gasteiger partial charge is 0.308 e. The Bertz CT molecular complexity index is 1720. The molecule has 1 radical (unpaired) electrons. The summed E-state index contributed by atoms with van der Waals surface area (Å²) >= 11 is 10.9. The van der Waals surface area contributed by atoms with Crippen LogP contribution in [0.3, 0.4) is 0 Å². The first-order valence-corrected chi connectivity index (χ1v) is 14.2. The predicted molar refractivity (Wildman–Crippen MR) is 151 cm³/mol. The van der Waals surface area contributed by atoms with Gasteiger partial charge in [-0.15, -0.1) is 11.3 Å². The molecular formula is C25H18BrClN4NaO3S2. The number of carbonyl (C=O) groups is 1. The first-order valence-electron chi connectivity index (χ1n) is 10.7. The fourth-order valence-electron chi connectivity index (χ4n) is 3.75. The van der Waals surface area contributed by atoms with E-state index in [-0.39, 0.29) is 39.5 Å². The summed E-state index contributed by atoms with van der Waals surface area (Å²) < 4.78 is 29.7. The van der Waals surface area contributed by atoms with E-state index in [1.807, 2.05) is 60.0 Å². The van der Waals surface area contributed by atoms with Crippen LogP contribution in [0.1, 0.15) is 21.9 Å². The van der Waals surface area contributed by atoms with Gasteiger partial charge in [-0.25, -0.2) is 23.1 Å². The van der Waals surface area contributed by atoms with Crippen LogP contribution in [-0.2, 0) is 16.6 Å². The van der Waals surface area contributed by atoms with Gasteiger partial charge in [0.1, 0.15) is 21.2 Å². The molecule has 0 atom stereocenters. The molecule has 0 fully saturated rings. The summed E-state index contributed by atoms with van der Waals surface area (Å²) in [5.74, 6) is -0.133. The molecule has 0 saturated carbocycles. The predicted octanol–water partition coefficient (Wildman–Crippen LogP) is 5.67.